The van der Waals surface area contributed by atoms with Crippen molar-refractivity contribution in [2.45, 2.75) is 44.7 Å². The zero-order valence-corrected chi connectivity index (χ0v) is 8.16. The van der Waals surface area contributed by atoms with E-state index in [0.29, 0.717) is 0 Å². The molecule has 3 aliphatic rings. The number of rotatable bonds is 0. The third-order valence-electron chi connectivity index (χ3n) is 4.82. The Balaban J connectivity index is 1.90. The second-order valence-electron chi connectivity index (χ2n) is 5.24. The molecule has 0 amide bonds. The summed E-state index contributed by atoms with van der Waals surface area (Å²) >= 11 is 0. The van der Waals surface area contributed by atoms with Crippen LogP contribution in [0.5, 0.6) is 0 Å². The quantitative estimate of drug-likeness (QED) is 0.531. The van der Waals surface area contributed by atoms with Crippen molar-refractivity contribution in [3.8, 4) is 0 Å². The van der Waals surface area contributed by atoms with Crippen LogP contribution in [-0.4, -0.2) is 24.0 Å². The van der Waals surface area contributed by atoms with E-state index in [0.717, 1.165) is 29.8 Å². The molecule has 0 aromatic carbocycles. The first-order chi connectivity index (χ1) is 5.77. The Labute approximate surface area is 75.1 Å². The van der Waals surface area contributed by atoms with Crippen LogP contribution >= 0.6 is 0 Å². The number of hydrogen-bond donors (Lipinski definition) is 0. The van der Waals surface area contributed by atoms with E-state index in [1.165, 1.54) is 12.8 Å². The van der Waals surface area contributed by atoms with E-state index >= 15 is 0 Å². The number of nitrogens with zero attached hydrogens (tertiary/aromatic N) is 1. The Morgan fingerprint density at radius 2 is 1.83 bits per heavy atom. The van der Waals surface area contributed by atoms with Gasteiger partial charge < -0.3 is 4.90 Å². The van der Waals surface area contributed by atoms with Crippen LogP contribution in [0.1, 0.15) is 32.6 Å². The summed E-state index contributed by atoms with van der Waals surface area (Å²) in [6, 6.07) is 1.85. The molecule has 2 saturated carbocycles. The molecule has 0 radical (unpaired) electrons. The summed E-state index contributed by atoms with van der Waals surface area (Å²) in [5.74, 6) is 3.28. The lowest BCUT2D eigenvalue weighted by atomic mass is 9.85. The maximum atomic E-state index is 2.66. The monoisotopic (exact) mass is 165 g/mol. The highest BCUT2D eigenvalue weighted by Gasteiger charge is 2.53. The second kappa shape index (κ2) is 2.25. The average molecular weight is 165 g/mol. The van der Waals surface area contributed by atoms with Gasteiger partial charge in [-0.25, -0.2) is 0 Å². The molecule has 2 bridgehead atoms. The molecule has 1 heteroatoms. The maximum absolute atomic E-state index is 2.66. The molecule has 1 aliphatic heterocycles. The van der Waals surface area contributed by atoms with E-state index in [9.17, 15) is 0 Å². The van der Waals surface area contributed by atoms with Gasteiger partial charge in [-0.05, 0) is 57.4 Å². The van der Waals surface area contributed by atoms with Crippen molar-refractivity contribution in [2.75, 3.05) is 7.05 Å². The molecule has 68 valence electrons. The first-order valence-corrected chi connectivity index (χ1v) is 5.49. The molecule has 1 saturated heterocycles. The molecule has 3 rings (SSSR count). The van der Waals surface area contributed by atoms with Gasteiger partial charge in [-0.1, -0.05) is 0 Å². The van der Waals surface area contributed by atoms with E-state index in [1.807, 2.05) is 0 Å². The molecular formula is C11H19N. The van der Waals surface area contributed by atoms with Crippen LogP contribution in [0, 0.1) is 17.8 Å². The van der Waals surface area contributed by atoms with Gasteiger partial charge >= 0.3 is 0 Å². The van der Waals surface area contributed by atoms with E-state index in [2.05, 4.69) is 18.9 Å². The Kier molecular flexibility index (Phi) is 1.39. The normalized spacial score (nSPS) is 58.0. The van der Waals surface area contributed by atoms with Crippen molar-refractivity contribution >= 4 is 0 Å². The predicted molar refractivity (Wildman–Crippen MR) is 50.0 cm³/mol. The van der Waals surface area contributed by atoms with Crippen molar-refractivity contribution < 1.29 is 0 Å². The highest BCUT2D eigenvalue weighted by atomic mass is 15.2. The van der Waals surface area contributed by atoms with Gasteiger partial charge in [0.25, 0.3) is 0 Å². The van der Waals surface area contributed by atoms with Crippen molar-refractivity contribution in [1.82, 2.24) is 4.90 Å². The predicted octanol–water partition coefficient (Wildman–Crippen LogP) is 2.13. The highest BCUT2D eigenvalue weighted by Crippen LogP contribution is 2.55. The highest BCUT2D eigenvalue weighted by molar-refractivity contribution is 5.06. The SMILES string of the molecule is CC1CC2C3CCC(C3)C2N1C. The standard InChI is InChI=1S/C11H19N/c1-7-5-10-8-3-4-9(6-8)11(10)12(7)2/h7-11H,3-6H2,1-2H3. The van der Waals surface area contributed by atoms with Gasteiger partial charge in [0.15, 0.2) is 0 Å². The molecule has 3 fully saturated rings. The summed E-state index contributed by atoms with van der Waals surface area (Å²) in [5.41, 5.74) is 0. The molecule has 2 aliphatic carbocycles. The Morgan fingerprint density at radius 1 is 1.08 bits per heavy atom. The number of hydrogen-bond acceptors (Lipinski definition) is 1. The van der Waals surface area contributed by atoms with Gasteiger partial charge in [-0.15, -0.1) is 0 Å². The van der Waals surface area contributed by atoms with Gasteiger partial charge in [0.2, 0.25) is 0 Å². The van der Waals surface area contributed by atoms with E-state index in [4.69, 9.17) is 0 Å². The van der Waals surface area contributed by atoms with Gasteiger partial charge in [0.1, 0.15) is 0 Å². The molecule has 0 spiro atoms. The zero-order chi connectivity index (χ0) is 8.29. The molecular weight excluding hydrogens is 146 g/mol. The molecule has 0 aromatic heterocycles. The first-order valence-electron chi connectivity index (χ1n) is 5.49. The third-order valence-corrected chi connectivity index (χ3v) is 4.82. The second-order valence-corrected chi connectivity index (χ2v) is 5.24. The van der Waals surface area contributed by atoms with Gasteiger partial charge in [-0.3, -0.25) is 0 Å². The topological polar surface area (TPSA) is 3.24 Å². The van der Waals surface area contributed by atoms with Crippen molar-refractivity contribution in [2.24, 2.45) is 17.8 Å². The van der Waals surface area contributed by atoms with Gasteiger partial charge in [-0.2, -0.15) is 0 Å². The van der Waals surface area contributed by atoms with Gasteiger partial charge in [0.05, 0.1) is 0 Å². The summed E-state index contributed by atoms with van der Waals surface area (Å²) in [5, 5.41) is 0. The summed E-state index contributed by atoms with van der Waals surface area (Å²) < 4.78 is 0. The van der Waals surface area contributed by atoms with Crippen LogP contribution < -0.4 is 0 Å². The lowest BCUT2D eigenvalue weighted by Gasteiger charge is -2.30. The zero-order valence-electron chi connectivity index (χ0n) is 8.16. The third kappa shape index (κ3) is 0.736. The molecule has 5 unspecified atom stereocenters. The molecule has 12 heavy (non-hydrogen) atoms. The van der Waals surface area contributed by atoms with Crippen LogP contribution in [0.2, 0.25) is 0 Å². The smallest absolute Gasteiger partial charge is 0.0155 e. The molecule has 0 aromatic rings. The van der Waals surface area contributed by atoms with E-state index < -0.39 is 0 Å². The number of fused-ring (bicyclic) bond motifs is 5. The van der Waals surface area contributed by atoms with Crippen LogP contribution in [0.4, 0.5) is 0 Å². The van der Waals surface area contributed by atoms with Crippen LogP contribution in [0.3, 0.4) is 0 Å². The van der Waals surface area contributed by atoms with E-state index in [1.54, 1.807) is 12.8 Å². The fourth-order valence-electron chi connectivity index (χ4n) is 4.20. The van der Waals surface area contributed by atoms with Crippen molar-refractivity contribution in [3.05, 3.63) is 0 Å². The summed E-state index contributed by atoms with van der Waals surface area (Å²) in [6.45, 7) is 2.40. The average Bonchev–Trinajstić information content (AvgIpc) is 2.66. The Morgan fingerprint density at radius 3 is 2.58 bits per heavy atom. The number of likely N-dealkylation sites (tertiary alicyclic amines) is 1. The summed E-state index contributed by atoms with van der Waals surface area (Å²) in [7, 11) is 2.34. The Hall–Kier alpha value is -0.0400. The lowest BCUT2D eigenvalue weighted by molar-refractivity contribution is 0.177. The summed E-state index contributed by atoms with van der Waals surface area (Å²) in [6.07, 6.45) is 6.13. The lowest BCUT2D eigenvalue weighted by Crippen LogP contribution is -2.36. The fraction of sp³-hybridized carbons (Fsp3) is 1.00. The molecule has 5 atom stereocenters. The molecule has 0 N–H and O–H groups in total. The van der Waals surface area contributed by atoms with E-state index in [-0.39, 0.29) is 0 Å². The van der Waals surface area contributed by atoms with Gasteiger partial charge in [0, 0.05) is 12.1 Å². The molecule has 1 nitrogen and oxygen atoms in total. The largest absolute Gasteiger partial charge is 0.300 e. The fourth-order valence-corrected chi connectivity index (χ4v) is 4.20. The van der Waals surface area contributed by atoms with Crippen molar-refractivity contribution in [1.29, 1.82) is 0 Å². The van der Waals surface area contributed by atoms with Crippen molar-refractivity contribution in [3.63, 3.8) is 0 Å². The Bertz CT molecular complexity index is 199. The van der Waals surface area contributed by atoms with Crippen LogP contribution in [-0.2, 0) is 0 Å². The minimum atomic E-state index is 0.864. The summed E-state index contributed by atoms with van der Waals surface area (Å²) in [4.78, 5) is 2.66. The minimum Gasteiger partial charge on any atom is -0.300 e. The molecule has 1 heterocycles. The first kappa shape index (κ1) is 7.37. The minimum absolute atomic E-state index is 0.864. The maximum Gasteiger partial charge on any atom is 0.0155 e. The van der Waals surface area contributed by atoms with Crippen LogP contribution in [0.25, 0.3) is 0 Å². The van der Waals surface area contributed by atoms with Crippen LogP contribution in [0.15, 0.2) is 0 Å².